The maximum Gasteiger partial charge on any atom is 0.320 e. The Kier molecular flexibility index (Phi) is 16.0. The highest BCUT2D eigenvalue weighted by molar-refractivity contribution is 7.99. The Morgan fingerprint density at radius 3 is 2.14 bits per heavy atom. The molecule has 0 bridgehead atoms. The molecule has 9 nitrogen and oxygen atoms in total. The highest BCUT2D eigenvalue weighted by Crippen LogP contribution is 2.11. The van der Waals surface area contributed by atoms with Crippen LogP contribution in [0.4, 0.5) is 0 Å². The minimum absolute atomic E-state index is 0.0228. The van der Waals surface area contributed by atoms with Crippen LogP contribution in [0.1, 0.15) is 58.3 Å². The lowest BCUT2D eigenvalue weighted by molar-refractivity contribution is -0.142. The number of amides is 2. The van der Waals surface area contributed by atoms with Crippen LogP contribution in [0.25, 0.3) is 0 Å². The number of rotatable bonds is 18. The first-order valence-electron chi connectivity index (χ1n) is 10.1. The Hall–Kier alpha value is -1.81. The Labute approximate surface area is 176 Å². The number of carbonyl (C=O) groups excluding carboxylic acids is 2. The van der Waals surface area contributed by atoms with Crippen molar-refractivity contribution in [2.75, 3.05) is 24.6 Å². The van der Waals surface area contributed by atoms with E-state index in [1.165, 1.54) is 0 Å². The van der Waals surface area contributed by atoms with Crippen molar-refractivity contribution in [3.63, 3.8) is 0 Å². The molecule has 10 heteroatoms. The van der Waals surface area contributed by atoms with Gasteiger partial charge in [0.1, 0.15) is 6.04 Å². The van der Waals surface area contributed by atoms with Gasteiger partial charge < -0.3 is 26.6 Å². The number of hydrogen-bond donors (Lipinski definition) is 5. The molecule has 0 rings (SSSR count). The maximum absolute atomic E-state index is 11.7. The number of unbranched alkanes of at least 4 members (excludes halogenated alkanes) is 1. The summed E-state index contributed by atoms with van der Waals surface area (Å²) < 4.78 is 0. The van der Waals surface area contributed by atoms with E-state index >= 15 is 0 Å². The van der Waals surface area contributed by atoms with Gasteiger partial charge in [0.2, 0.25) is 11.8 Å². The summed E-state index contributed by atoms with van der Waals surface area (Å²) in [5, 5.41) is 23.2. The van der Waals surface area contributed by atoms with E-state index in [4.69, 9.17) is 15.9 Å². The molecular weight excluding hydrogens is 398 g/mol. The van der Waals surface area contributed by atoms with Gasteiger partial charge in [-0.3, -0.25) is 19.2 Å². The van der Waals surface area contributed by atoms with Crippen LogP contribution in [0, 0.1) is 5.92 Å². The van der Waals surface area contributed by atoms with Crippen molar-refractivity contribution in [3.8, 4) is 0 Å². The van der Waals surface area contributed by atoms with E-state index in [0.717, 1.165) is 17.9 Å². The number of carboxylic acid groups (broad SMARTS) is 2. The van der Waals surface area contributed by atoms with Crippen LogP contribution in [0.5, 0.6) is 0 Å². The number of thioether (sulfide) groups is 1. The standard InChI is InChI=1S/C19H35N3O6S/c1-2-14(18(25)26)8-9-17(24)22-11-13-29-12-5-7-16(23)21-10-4-3-6-15(20)19(27)28/h14-15H,2-13,20H2,1H3,(H,21,23)(H,22,24)(H,25,26)(H,27,28). The molecule has 0 aromatic heterocycles. The molecule has 0 heterocycles. The lowest BCUT2D eigenvalue weighted by atomic mass is 10.0. The summed E-state index contributed by atoms with van der Waals surface area (Å²) in [5.41, 5.74) is 5.40. The first kappa shape index (κ1) is 27.2. The van der Waals surface area contributed by atoms with Crippen molar-refractivity contribution in [3.05, 3.63) is 0 Å². The molecule has 2 amide bonds. The number of hydrogen-bond acceptors (Lipinski definition) is 6. The van der Waals surface area contributed by atoms with Gasteiger partial charge >= 0.3 is 11.9 Å². The topological polar surface area (TPSA) is 159 Å². The zero-order valence-electron chi connectivity index (χ0n) is 17.2. The summed E-state index contributed by atoms with van der Waals surface area (Å²) in [7, 11) is 0. The van der Waals surface area contributed by atoms with Crippen LogP contribution in [0.2, 0.25) is 0 Å². The van der Waals surface area contributed by atoms with E-state index in [0.29, 0.717) is 51.6 Å². The van der Waals surface area contributed by atoms with E-state index in [1.807, 2.05) is 0 Å². The Bertz CT molecular complexity index is 518. The zero-order chi connectivity index (χ0) is 22.1. The molecular formula is C19H35N3O6S. The van der Waals surface area contributed by atoms with E-state index in [-0.39, 0.29) is 18.2 Å². The van der Waals surface area contributed by atoms with Crippen LogP contribution in [0.3, 0.4) is 0 Å². The van der Waals surface area contributed by atoms with E-state index in [1.54, 1.807) is 18.7 Å². The minimum Gasteiger partial charge on any atom is -0.481 e. The quantitative estimate of drug-likeness (QED) is 0.202. The summed E-state index contributed by atoms with van der Waals surface area (Å²) in [4.78, 5) is 44.8. The van der Waals surface area contributed by atoms with E-state index < -0.39 is 23.9 Å². The number of nitrogens with one attached hydrogen (secondary N) is 2. The van der Waals surface area contributed by atoms with E-state index in [9.17, 15) is 19.2 Å². The molecule has 0 saturated carbocycles. The minimum atomic E-state index is -1.01. The fraction of sp³-hybridized carbons (Fsp3) is 0.789. The molecule has 0 aliphatic rings. The summed E-state index contributed by atoms with van der Waals surface area (Å²) >= 11 is 1.65. The maximum atomic E-state index is 11.7. The van der Waals surface area contributed by atoms with Gasteiger partial charge in [0.25, 0.3) is 0 Å². The van der Waals surface area contributed by atoms with Gasteiger partial charge in [0, 0.05) is 31.7 Å². The fourth-order valence-corrected chi connectivity index (χ4v) is 3.32. The third kappa shape index (κ3) is 15.8. The Morgan fingerprint density at radius 2 is 1.52 bits per heavy atom. The van der Waals surface area contributed by atoms with Gasteiger partial charge in [-0.1, -0.05) is 6.92 Å². The van der Waals surface area contributed by atoms with Gasteiger partial charge in [-0.05, 0) is 44.3 Å². The Morgan fingerprint density at radius 1 is 0.862 bits per heavy atom. The molecule has 2 unspecified atom stereocenters. The second kappa shape index (κ2) is 17.1. The summed E-state index contributed by atoms with van der Waals surface area (Å²) in [6.45, 7) is 2.84. The fourth-order valence-electron chi connectivity index (χ4n) is 2.52. The predicted molar refractivity (Wildman–Crippen MR) is 113 cm³/mol. The monoisotopic (exact) mass is 433 g/mol. The largest absolute Gasteiger partial charge is 0.481 e. The predicted octanol–water partition coefficient (Wildman–Crippen LogP) is 1.21. The van der Waals surface area contributed by atoms with Crippen LogP contribution in [0.15, 0.2) is 0 Å². The number of nitrogens with two attached hydrogens (primary N) is 1. The lowest BCUT2D eigenvalue weighted by Gasteiger charge is -2.09. The lowest BCUT2D eigenvalue weighted by Crippen LogP contribution is -2.30. The third-order valence-corrected chi connectivity index (χ3v) is 5.47. The molecule has 0 aliphatic carbocycles. The number of aliphatic carboxylic acids is 2. The van der Waals surface area contributed by atoms with E-state index in [2.05, 4.69) is 10.6 Å². The summed E-state index contributed by atoms with van der Waals surface area (Å²) in [6.07, 6.45) is 4.02. The molecule has 0 spiro atoms. The average molecular weight is 434 g/mol. The van der Waals surface area contributed by atoms with Crippen molar-refractivity contribution in [2.45, 2.75) is 64.3 Å². The average Bonchev–Trinajstić information content (AvgIpc) is 2.66. The second-order valence-electron chi connectivity index (χ2n) is 6.84. The third-order valence-electron chi connectivity index (χ3n) is 4.40. The van der Waals surface area contributed by atoms with Crippen LogP contribution in [-0.4, -0.2) is 64.6 Å². The highest BCUT2D eigenvalue weighted by atomic mass is 32.2. The molecule has 0 aromatic rings. The normalized spacial score (nSPS) is 12.8. The molecule has 2 atom stereocenters. The molecule has 0 aliphatic heterocycles. The van der Waals surface area contributed by atoms with Crippen molar-refractivity contribution in [1.82, 2.24) is 10.6 Å². The molecule has 0 fully saturated rings. The molecule has 0 saturated heterocycles. The van der Waals surface area contributed by atoms with Gasteiger partial charge in [-0.2, -0.15) is 11.8 Å². The SMILES string of the molecule is CCC(CCC(=O)NCCSCCCC(=O)NCCCCC(N)C(=O)O)C(=O)O. The molecule has 0 radical (unpaired) electrons. The molecule has 0 aromatic carbocycles. The van der Waals surface area contributed by atoms with Crippen molar-refractivity contribution in [1.29, 1.82) is 0 Å². The first-order chi connectivity index (χ1) is 13.8. The van der Waals surface area contributed by atoms with Crippen LogP contribution >= 0.6 is 11.8 Å². The van der Waals surface area contributed by atoms with Crippen molar-refractivity contribution >= 4 is 35.5 Å². The van der Waals surface area contributed by atoms with Crippen LogP contribution < -0.4 is 16.4 Å². The molecule has 29 heavy (non-hydrogen) atoms. The number of carboxylic acids is 2. The van der Waals surface area contributed by atoms with Crippen molar-refractivity contribution in [2.24, 2.45) is 11.7 Å². The highest BCUT2D eigenvalue weighted by Gasteiger charge is 2.16. The second-order valence-corrected chi connectivity index (χ2v) is 8.06. The first-order valence-corrected chi connectivity index (χ1v) is 11.3. The summed E-state index contributed by atoms with van der Waals surface area (Å²) in [5.74, 6) is -0.930. The summed E-state index contributed by atoms with van der Waals surface area (Å²) in [6, 6.07) is -0.842. The van der Waals surface area contributed by atoms with Crippen LogP contribution in [-0.2, 0) is 19.2 Å². The van der Waals surface area contributed by atoms with Crippen molar-refractivity contribution < 1.29 is 29.4 Å². The number of carbonyl (C=O) groups is 4. The van der Waals surface area contributed by atoms with Gasteiger partial charge in [-0.25, -0.2) is 0 Å². The zero-order valence-corrected chi connectivity index (χ0v) is 18.0. The van der Waals surface area contributed by atoms with Gasteiger partial charge in [0.05, 0.1) is 5.92 Å². The smallest absolute Gasteiger partial charge is 0.320 e. The van der Waals surface area contributed by atoms with Gasteiger partial charge in [0.15, 0.2) is 0 Å². The van der Waals surface area contributed by atoms with Gasteiger partial charge in [-0.15, -0.1) is 0 Å². The molecule has 168 valence electrons. The Balaban J connectivity index is 3.51. The molecule has 6 N–H and O–H groups in total.